The third-order valence-electron chi connectivity index (χ3n) is 6.20. The minimum Gasteiger partial charge on any atom is -0.492 e. The number of hydrogen-bond donors (Lipinski definition) is 1. The van der Waals surface area contributed by atoms with Crippen LogP contribution in [0.3, 0.4) is 0 Å². The predicted molar refractivity (Wildman–Crippen MR) is 143 cm³/mol. The molecule has 3 aromatic carbocycles. The number of fused-ring (bicyclic) bond motifs is 1. The zero-order valence-electron chi connectivity index (χ0n) is 21.1. The van der Waals surface area contributed by atoms with Gasteiger partial charge in [0.05, 0.1) is 36.2 Å². The number of halogens is 4. The standard InChI is InChI=1S/C27H24BrF3N2O6S/c1-38-25(34)14-17-6-8-19(9-7-17)39-13-12-32-26(35)24-15-18-4-2-3-5-23(18)33(24)40(36,37)20-10-11-22(28)21(16-20)27(29,30)31/h2-11,16,24H,12-15H2,1H3,(H,32,35)/t24-/m0/s1. The number of carbonyl (C=O) groups is 2. The minimum atomic E-state index is -4.79. The van der Waals surface area contributed by atoms with Gasteiger partial charge in [0.2, 0.25) is 5.91 Å². The topological polar surface area (TPSA) is 102 Å². The van der Waals surface area contributed by atoms with E-state index in [9.17, 15) is 31.2 Å². The second kappa shape index (κ2) is 11.9. The zero-order chi connectivity index (χ0) is 29.1. The molecule has 1 N–H and O–H groups in total. The van der Waals surface area contributed by atoms with Crippen LogP contribution >= 0.6 is 15.9 Å². The Morgan fingerprint density at radius 3 is 2.45 bits per heavy atom. The average molecular weight is 641 g/mol. The van der Waals surface area contributed by atoms with Crippen LogP contribution in [-0.2, 0) is 43.4 Å². The Labute approximate surface area is 237 Å². The van der Waals surface area contributed by atoms with Gasteiger partial charge in [-0.05, 0) is 47.5 Å². The Hall–Kier alpha value is -3.58. The highest BCUT2D eigenvalue weighted by Gasteiger charge is 2.43. The van der Waals surface area contributed by atoms with Crippen LogP contribution in [-0.4, -0.2) is 46.6 Å². The number of alkyl halides is 3. The van der Waals surface area contributed by atoms with Crippen LogP contribution in [0.1, 0.15) is 16.7 Å². The maximum Gasteiger partial charge on any atom is 0.417 e. The maximum atomic E-state index is 13.6. The summed E-state index contributed by atoms with van der Waals surface area (Å²) in [5, 5.41) is 2.65. The molecule has 4 rings (SSSR count). The molecular formula is C27H24BrF3N2O6S. The van der Waals surface area contributed by atoms with Crippen molar-refractivity contribution in [1.29, 1.82) is 0 Å². The van der Waals surface area contributed by atoms with E-state index in [1.54, 1.807) is 42.5 Å². The molecule has 0 radical (unpaired) electrons. The van der Waals surface area contributed by atoms with Crippen molar-refractivity contribution in [1.82, 2.24) is 5.32 Å². The van der Waals surface area contributed by atoms with Gasteiger partial charge in [0, 0.05) is 10.9 Å². The summed E-state index contributed by atoms with van der Waals surface area (Å²) in [4.78, 5) is 24.0. The van der Waals surface area contributed by atoms with Gasteiger partial charge in [0.1, 0.15) is 18.4 Å². The fraction of sp³-hybridized carbons (Fsp3) is 0.259. The van der Waals surface area contributed by atoms with E-state index in [1.165, 1.54) is 13.2 Å². The first-order valence-corrected chi connectivity index (χ1v) is 14.2. The van der Waals surface area contributed by atoms with Crippen molar-refractivity contribution in [3.05, 3.63) is 87.9 Å². The number of nitrogens with one attached hydrogen (secondary N) is 1. The highest BCUT2D eigenvalue weighted by atomic mass is 79.9. The van der Waals surface area contributed by atoms with Gasteiger partial charge in [-0.25, -0.2) is 8.42 Å². The maximum absolute atomic E-state index is 13.6. The SMILES string of the molecule is COC(=O)Cc1ccc(OCCNC(=O)[C@@H]2Cc3ccccc3N2S(=O)(=O)c2ccc(Br)c(C(F)(F)F)c2)cc1. The molecule has 0 spiro atoms. The smallest absolute Gasteiger partial charge is 0.417 e. The van der Waals surface area contributed by atoms with Crippen molar-refractivity contribution < 1.29 is 40.7 Å². The van der Waals surface area contributed by atoms with Crippen LogP contribution in [0.5, 0.6) is 5.75 Å². The van der Waals surface area contributed by atoms with E-state index >= 15 is 0 Å². The molecular weight excluding hydrogens is 617 g/mol. The van der Waals surface area contributed by atoms with E-state index in [4.69, 9.17) is 4.74 Å². The quantitative estimate of drug-likeness (QED) is 0.273. The zero-order valence-corrected chi connectivity index (χ0v) is 23.5. The van der Waals surface area contributed by atoms with Gasteiger partial charge in [-0.3, -0.25) is 13.9 Å². The van der Waals surface area contributed by atoms with Gasteiger partial charge in [0.15, 0.2) is 0 Å². The van der Waals surface area contributed by atoms with E-state index in [0.29, 0.717) is 17.4 Å². The Morgan fingerprint density at radius 1 is 1.07 bits per heavy atom. The average Bonchev–Trinajstić information content (AvgIpc) is 3.32. The molecule has 0 saturated heterocycles. The normalized spacial score (nSPS) is 14.9. The molecule has 0 unspecified atom stereocenters. The second-order valence-electron chi connectivity index (χ2n) is 8.83. The van der Waals surface area contributed by atoms with Crippen LogP contribution in [0.25, 0.3) is 0 Å². The summed E-state index contributed by atoms with van der Waals surface area (Å²) < 4.78 is 78.6. The van der Waals surface area contributed by atoms with E-state index < -0.39 is 38.6 Å². The predicted octanol–water partition coefficient (Wildman–Crippen LogP) is 4.50. The summed E-state index contributed by atoms with van der Waals surface area (Å²) in [5.41, 5.74) is 0.394. The van der Waals surface area contributed by atoms with Gasteiger partial charge in [-0.15, -0.1) is 0 Å². The van der Waals surface area contributed by atoms with Crippen LogP contribution in [0.4, 0.5) is 18.9 Å². The molecule has 0 bridgehead atoms. The number of ether oxygens (including phenoxy) is 2. The van der Waals surface area contributed by atoms with Crippen molar-refractivity contribution in [3.63, 3.8) is 0 Å². The van der Waals surface area contributed by atoms with Crippen LogP contribution in [0, 0.1) is 0 Å². The van der Waals surface area contributed by atoms with Crippen molar-refractivity contribution in [2.75, 3.05) is 24.6 Å². The molecule has 1 aliphatic rings. The van der Waals surface area contributed by atoms with Crippen molar-refractivity contribution in [3.8, 4) is 5.75 Å². The number of benzene rings is 3. The number of para-hydroxylation sites is 1. The van der Waals surface area contributed by atoms with E-state index in [-0.39, 0.29) is 42.1 Å². The number of nitrogens with zero attached hydrogens (tertiary/aromatic N) is 1. The highest BCUT2D eigenvalue weighted by molar-refractivity contribution is 9.10. The summed E-state index contributed by atoms with van der Waals surface area (Å²) >= 11 is 2.82. The molecule has 0 aliphatic carbocycles. The Kier molecular flexibility index (Phi) is 8.74. The fourth-order valence-electron chi connectivity index (χ4n) is 4.25. The largest absolute Gasteiger partial charge is 0.492 e. The highest BCUT2D eigenvalue weighted by Crippen LogP contribution is 2.40. The van der Waals surface area contributed by atoms with Gasteiger partial charge >= 0.3 is 12.1 Å². The minimum absolute atomic E-state index is 0.0417. The number of sulfonamides is 1. The van der Waals surface area contributed by atoms with Crippen LogP contribution in [0.2, 0.25) is 0 Å². The number of rotatable bonds is 9. The number of anilines is 1. The second-order valence-corrected chi connectivity index (χ2v) is 11.5. The molecule has 3 aromatic rings. The van der Waals surface area contributed by atoms with Gasteiger partial charge < -0.3 is 14.8 Å². The van der Waals surface area contributed by atoms with E-state index in [1.807, 2.05) is 0 Å². The number of methoxy groups -OCH3 is 1. The monoisotopic (exact) mass is 640 g/mol. The lowest BCUT2D eigenvalue weighted by atomic mass is 10.1. The molecule has 0 saturated carbocycles. The molecule has 13 heteroatoms. The molecule has 1 aliphatic heterocycles. The van der Waals surface area contributed by atoms with Crippen LogP contribution in [0.15, 0.2) is 76.1 Å². The summed E-state index contributed by atoms with van der Waals surface area (Å²) in [7, 11) is -3.24. The van der Waals surface area contributed by atoms with Crippen molar-refractivity contribution >= 4 is 43.5 Å². The first kappa shape index (κ1) is 29.4. The lowest BCUT2D eigenvalue weighted by molar-refractivity contribution is -0.140. The molecule has 1 heterocycles. The molecule has 40 heavy (non-hydrogen) atoms. The summed E-state index contributed by atoms with van der Waals surface area (Å²) in [6.45, 7) is 0.107. The third-order valence-corrected chi connectivity index (χ3v) is 8.71. The summed E-state index contributed by atoms with van der Waals surface area (Å²) in [5.74, 6) is -0.497. The van der Waals surface area contributed by atoms with Gasteiger partial charge in [-0.2, -0.15) is 13.2 Å². The molecule has 8 nitrogen and oxygen atoms in total. The number of esters is 1. The summed E-state index contributed by atoms with van der Waals surface area (Å²) in [6, 6.07) is 14.6. The lowest BCUT2D eigenvalue weighted by Gasteiger charge is -2.26. The van der Waals surface area contributed by atoms with E-state index in [0.717, 1.165) is 22.0 Å². The molecule has 1 atom stereocenters. The number of amides is 1. The number of hydrogen-bond acceptors (Lipinski definition) is 6. The van der Waals surface area contributed by atoms with Gasteiger partial charge in [-0.1, -0.05) is 46.3 Å². The molecule has 212 valence electrons. The Bertz CT molecular complexity index is 1510. The Morgan fingerprint density at radius 2 is 1.77 bits per heavy atom. The molecule has 0 fully saturated rings. The number of carbonyl (C=O) groups excluding carboxylic acids is 2. The first-order chi connectivity index (χ1) is 18.9. The summed E-state index contributed by atoms with van der Waals surface area (Å²) in [6.07, 6.45) is -4.62. The van der Waals surface area contributed by atoms with Crippen LogP contribution < -0.4 is 14.4 Å². The molecule has 1 amide bonds. The lowest BCUT2D eigenvalue weighted by Crippen LogP contribution is -2.48. The third kappa shape index (κ3) is 6.41. The fourth-order valence-corrected chi connectivity index (χ4v) is 6.40. The Balaban J connectivity index is 1.47. The van der Waals surface area contributed by atoms with Gasteiger partial charge in [0.25, 0.3) is 10.0 Å². The van der Waals surface area contributed by atoms with Crippen molar-refractivity contribution in [2.45, 2.75) is 30.0 Å². The van der Waals surface area contributed by atoms with Crippen molar-refractivity contribution in [2.24, 2.45) is 0 Å². The van der Waals surface area contributed by atoms with E-state index in [2.05, 4.69) is 26.0 Å². The first-order valence-electron chi connectivity index (χ1n) is 12.0. The molecule has 0 aromatic heterocycles.